The molecule has 0 fully saturated rings. The first-order valence-corrected chi connectivity index (χ1v) is 7.76. The van der Waals surface area contributed by atoms with Crippen LogP contribution in [0, 0.1) is 6.92 Å². The quantitative estimate of drug-likeness (QED) is 0.825. The molecule has 1 heterocycles. The zero-order valence-corrected chi connectivity index (χ0v) is 12.7. The average molecular weight is 285 g/mol. The van der Waals surface area contributed by atoms with Gasteiger partial charge >= 0.3 is 5.69 Å². The van der Waals surface area contributed by atoms with Crippen LogP contribution in [0.5, 0.6) is 0 Å². The SMILES string of the molecule is CCCC(=O)Nc1c(C)c(=O)n(CC)c(=O)n1PC. The smallest absolute Gasteiger partial charge is 0.311 e. The second-order valence-corrected chi connectivity index (χ2v) is 5.06. The molecule has 1 unspecified atom stereocenters. The predicted octanol–water partition coefficient (Wildman–Crippen LogP) is 1.15. The molecule has 1 rings (SSSR count). The van der Waals surface area contributed by atoms with Crippen LogP contribution < -0.4 is 16.6 Å². The summed E-state index contributed by atoms with van der Waals surface area (Å²) >= 11 is 0. The third-order valence-electron chi connectivity index (χ3n) is 2.84. The van der Waals surface area contributed by atoms with Gasteiger partial charge in [0.1, 0.15) is 5.82 Å². The van der Waals surface area contributed by atoms with Crippen molar-refractivity contribution < 1.29 is 4.79 Å². The molecule has 7 heteroatoms. The highest BCUT2D eigenvalue weighted by atomic mass is 31.1. The van der Waals surface area contributed by atoms with Crippen molar-refractivity contribution in [3.63, 3.8) is 0 Å². The Morgan fingerprint density at radius 3 is 2.42 bits per heavy atom. The number of carbonyl (C=O) groups excluding carboxylic acids is 1. The number of hydrogen-bond donors (Lipinski definition) is 1. The van der Waals surface area contributed by atoms with E-state index in [1.54, 1.807) is 13.8 Å². The Bertz CT molecular complexity index is 589. The summed E-state index contributed by atoms with van der Waals surface area (Å²) in [5, 5.41) is 2.68. The number of nitrogens with zero attached hydrogens (tertiary/aromatic N) is 2. The molecule has 6 nitrogen and oxygen atoms in total. The summed E-state index contributed by atoms with van der Waals surface area (Å²) in [5.41, 5.74) is -0.306. The summed E-state index contributed by atoms with van der Waals surface area (Å²) in [6, 6.07) is 0. The van der Waals surface area contributed by atoms with Crippen LogP contribution in [0.15, 0.2) is 9.59 Å². The zero-order chi connectivity index (χ0) is 14.6. The standard InChI is InChI=1S/C12H20N3O3P/c1-5-7-9(16)13-10-8(3)11(17)14(6-2)12(18)15(10)19-4/h19H,5-7H2,1-4H3,(H,13,16). The minimum absolute atomic E-state index is 0.151. The molecule has 1 N–H and O–H groups in total. The lowest BCUT2D eigenvalue weighted by Crippen LogP contribution is -2.40. The highest BCUT2D eigenvalue weighted by molar-refractivity contribution is 7.35. The Hall–Kier alpha value is -1.42. The fourth-order valence-electron chi connectivity index (χ4n) is 1.83. The Balaban J connectivity index is 3.43. The fraction of sp³-hybridized carbons (Fsp3) is 0.583. The minimum atomic E-state index is -0.370. The molecule has 19 heavy (non-hydrogen) atoms. The number of hydrogen-bond acceptors (Lipinski definition) is 3. The van der Waals surface area contributed by atoms with Gasteiger partial charge in [0.2, 0.25) is 5.91 Å². The Morgan fingerprint density at radius 1 is 1.32 bits per heavy atom. The van der Waals surface area contributed by atoms with Crippen LogP contribution in [0.3, 0.4) is 0 Å². The van der Waals surface area contributed by atoms with Gasteiger partial charge in [0.25, 0.3) is 5.56 Å². The average Bonchev–Trinajstić information content (AvgIpc) is 2.37. The van der Waals surface area contributed by atoms with Gasteiger partial charge in [0.05, 0.1) is 5.56 Å². The van der Waals surface area contributed by atoms with E-state index in [0.29, 0.717) is 24.3 Å². The maximum atomic E-state index is 12.1. The maximum Gasteiger partial charge on any atom is 0.335 e. The normalized spacial score (nSPS) is 11.2. The maximum absolute atomic E-state index is 12.1. The number of nitrogens with one attached hydrogen (secondary N) is 1. The summed E-state index contributed by atoms with van der Waals surface area (Å²) in [6.45, 7) is 7.44. The van der Waals surface area contributed by atoms with Crippen LogP contribution in [-0.4, -0.2) is 21.5 Å². The summed E-state index contributed by atoms with van der Waals surface area (Å²) in [5.74, 6) is 0.157. The molecule has 0 saturated carbocycles. The molecular formula is C12H20N3O3P. The predicted molar refractivity (Wildman–Crippen MR) is 78.5 cm³/mol. The van der Waals surface area contributed by atoms with Gasteiger partial charge in [-0.25, -0.2) is 4.79 Å². The molecule has 1 atom stereocenters. The molecule has 0 radical (unpaired) electrons. The summed E-state index contributed by atoms with van der Waals surface area (Å²) < 4.78 is 2.63. The van der Waals surface area contributed by atoms with E-state index in [1.165, 1.54) is 8.90 Å². The van der Waals surface area contributed by atoms with Crippen LogP contribution in [0.25, 0.3) is 0 Å². The highest BCUT2D eigenvalue weighted by Crippen LogP contribution is 2.17. The molecule has 1 amide bonds. The molecule has 0 aromatic carbocycles. The third-order valence-corrected chi connectivity index (χ3v) is 3.70. The van der Waals surface area contributed by atoms with Crippen molar-refractivity contribution in [3.05, 3.63) is 26.4 Å². The van der Waals surface area contributed by atoms with Gasteiger partial charge in [-0.2, -0.15) is 0 Å². The van der Waals surface area contributed by atoms with Crippen molar-refractivity contribution in [3.8, 4) is 0 Å². The molecular weight excluding hydrogens is 265 g/mol. The topological polar surface area (TPSA) is 73.1 Å². The van der Waals surface area contributed by atoms with Gasteiger partial charge in [-0.05, 0) is 35.7 Å². The molecule has 0 spiro atoms. The molecule has 1 aromatic heterocycles. The van der Waals surface area contributed by atoms with Gasteiger partial charge in [0.15, 0.2) is 0 Å². The van der Waals surface area contributed by atoms with E-state index >= 15 is 0 Å². The van der Waals surface area contributed by atoms with Crippen molar-refractivity contribution in [1.29, 1.82) is 0 Å². The van der Waals surface area contributed by atoms with Crippen molar-refractivity contribution >= 4 is 20.5 Å². The van der Waals surface area contributed by atoms with Gasteiger partial charge in [-0.3, -0.25) is 18.5 Å². The highest BCUT2D eigenvalue weighted by Gasteiger charge is 2.16. The molecule has 1 aromatic rings. The number of rotatable bonds is 5. The van der Waals surface area contributed by atoms with E-state index in [-0.39, 0.29) is 25.9 Å². The van der Waals surface area contributed by atoms with Gasteiger partial charge in [0, 0.05) is 13.0 Å². The van der Waals surface area contributed by atoms with Crippen LogP contribution >= 0.6 is 8.73 Å². The fourth-order valence-corrected chi connectivity index (χ4v) is 2.59. The lowest BCUT2D eigenvalue weighted by Gasteiger charge is -2.16. The minimum Gasteiger partial charge on any atom is -0.311 e. The molecule has 106 valence electrons. The number of aromatic nitrogens is 2. The number of anilines is 1. The molecule has 0 bridgehead atoms. The van der Waals surface area contributed by atoms with Gasteiger partial charge in [-0.15, -0.1) is 0 Å². The lowest BCUT2D eigenvalue weighted by atomic mass is 10.3. The molecule has 0 saturated heterocycles. The van der Waals surface area contributed by atoms with Crippen LogP contribution in [-0.2, 0) is 11.3 Å². The van der Waals surface area contributed by atoms with Gasteiger partial charge < -0.3 is 5.32 Å². The van der Waals surface area contributed by atoms with Crippen molar-refractivity contribution in [2.75, 3.05) is 12.0 Å². The summed E-state index contributed by atoms with van der Waals surface area (Å²) in [6.07, 6.45) is 1.09. The van der Waals surface area contributed by atoms with E-state index in [0.717, 1.165) is 6.42 Å². The van der Waals surface area contributed by atoms with Crippen LogP contribution in [0.1, 0.15) is 32.3 Å². The Kier molecular flexibility index (Phi) is 5.48. The first kappa shape index (κ1) is 15.6. The van der Waals surface area contributed by atoms with E-state index in [4.69, 9.17) is 0 Å². The van der Waals surface area contributed by atoms with Crippen LogP contribution in [0.2, 0.25) is 0 Å². The molecule has 0 aliphatic heterocycles. The Labute approximate surface area is 113 Å². The monoisotopic (exact) mass is 285 g/mol. The Morgan fingerprint density at radius 2 is 1.95 bits per heavy atom. The summed E-state index contributed by atoms with van der Waals surface area (Å²) in [7, 11) is 0.151. The first-order chi connectivity index (χ1) is 8.97. The number of carbonyl (C=O) groups is 1. The van der Waals surface area contributed by atoms with E-state index in [2.05, 4.69) is 5.32 Å². The van der Waals surface area contributed by atoms with Crippen molar-refractivity contribution in [1.82, 2.24) is 8.90 Å². The van der Waals surface area contributed by atoms with E-state index in [9.17, 15) is 14.4 Å². The zero-order valence-electron chi connectivity index (χ0n) is 11.7. The lowest BCUT2D eigenvalue weighted by molar-refractivity contribution is -0.116. The number of amides is 1. The van der Waals surface area contributed by atoms with Gasteiger partial charge in [-0.1, -0.05) is 6.92 Å². The van der Waals surface area contributed by atoms with Crippen molar-refractivity contribution in [2.45, 2.75) is 40.2 Å². The molecule has 0 aliphatic rings. The summed E-state index contributed by atoms with van der Waals surface area (Å²) in [4.78, 5) is 35.9. The molecule has 0 aliphatic carbocycles. The second-order valence-electron chi connectivity index (χ2n) is 4.16. The van der Waals surface area contributed by atoms with E-state index in [1.807, 2.05) is 13.6 Å². The second kappa shape index (κ2) is 6.66. The first-order valence-electron chi connectivity index (χ1n) is 6.31. The van der Waals surface area contributed by atoms with Crippen molar-refractivity contribution in [2.24, 2.45) is 0 Å². The third kappa shape index (κ3) is 3.13. The van der Waals surface area contributed by atoms with E-state index < -0.39 is 0 Å². The largest absolute Gasteiger partial charge is 0.335 e. The van der Waals surface area contributed by atoms with Crippen LogP contribution in [0.4, 0.5) is 5.82 Å².